The molecule has 152 valence electrons. The maximum atomic E-state index is 13.8. The van der Waals surface area contributed by atoms with Gasteiger partial charge in [0, 0.05) is 16.4 Å². The van der Waals surface area contributed by atoms with Crippen molar-refractivity contribution in [2.24, 2.45) is 0 Å². The summed E-state index contributed by atoms with van der Waals surface area (Å²) in [6.07, 6.45) is 0. The second-order valence-corrected chi connectivity index (χ2v) is 6.90. The Hall–Kier alpha value is -3.63. The van der Waals surface area contributed by atoms with Crippen LogP contribution in [0.4, 0.5) is 10.2 Å². The van der Waals surface area contributed by atoms with Gasteiger partial charge in [-0.25, -0.2) is 9.18 Å². The van der Waals surface area contributed by atoms with Gasteiger partial charge in [-0.2, -0.15) is 5.26 Å². The summed E-state index contributed by atoms with van der Waals surface area (Å²) >= 11 is 5.66. The van der Waals surface area contributed by atoms with E-state index in [1.165, 1.54) is 12.1 Å². The minimum Gasteiger partial charge on any atom is -0.452 e. The SMILES string of the molecule is Cc1c(C#N)c(NC(=O)COC(=O)c2ccc(Cl)cc2F)n(-c2ccccc2)c1C. The molecule has 2 aromatic carbocycles. The molecule has 3 aromatic rings. The molecule has 0 saturated heterocycles. The zero-order valence-corrected chi connectivity index (χ0v) is 17.0. The van der Waals surface area contributed by atoms with E-state index in [2.05, 4.69) is 11.4 Å². The van der Waals surface area contributed by atoms with Crippen LogP contribution in [0, 0.1) is 31.0 Å². The molecule has 30 heavy (non-hydrogen) atoms. The molecule has 3 rings (SSSR count). The van der Waals surface area contributed by atoms with Crippen LogP contribution in [0.1, 0.15) is 27.2 Å². The Morgan fingerprint density at radius 1 is 1.20 bits per heavy atom. The van der Waals surface area contributed by atoms with Crippen LogP contribution in [0.3, 0.4) is 0 Å². The van der Waals surface area contributed by atoms with Crippen molar-refractivity contribution in [1.82, 2.24) is 4.57 Å². The number of para-hydroxylation sites is 1. The van der Waals surface area contributed by atoms with Crippen LogP contribution in [-0.4, -0.2) is 23.1 Å². The third-order valence-corrected chi connectivity index (χ3v) is 4.82. The zero-order chi connectivity index (χ0) is 21.8. The van der Waals surface area contributed by atoms with Crippen LogP contribution in [-0.2, 0) is 9.53 Å². The van der Waals surface area contributed by atoms with Crippen molar-refractivity contribution in [2.75, 3.05) is 11.9 Å². The summed E-state index contributed by atoms with van der Waals surface area (Å²) in [5, 5.41) is 12.3. The number of hydrogen-bond donors (Lipinski definition) is 1. The van der Waals surface area contributed by atoms with Crippen molar-refractivity contribution in [3.8, 4) is 11.8 Å². The molecule has 1 amide bonds. The number of nitrogens with one attached hydrogen (secondary N) is 1. The number of carbonyl (C=O) groups excluding carboxylic acids is 2. The summed E-state index contributed by atoms with van der Waals surface area (Å²) < 4.78 is 20.5. The van der Waals surface area contributed by atoms with Crippen LogP contribution < -0.4 is 5.32 Å². The van der Waals surface area contributed by atoms with Crippen LogP contribution in [0.5, 0.6) is 0 Å². The number of esters is 1. The van der Waals surface area contributed by atoms with Gasteiger partial charge in [-0.05, 0) is 49.7 Å². The van der Waals surface area contributed by atoms with Gasteiger partial charge >= 0.3 is 5.97 Å². The summed E-state index contributed by atoms with van der Waals surface area (Å²) in [4.78, 5) is 24.5. The highest BCUT2D eigenvalue weighted by Crippen LogP contribution is 2.29. The van der Waals surface area contributed by atoms with Crippen LogP contribution in [0.2, 0.25) is 5.02 Å². The second-order valence-electron chi connectivity index (χ2n) is 6.47. The van der Waals surface area contributed by atoms with Crippen molar-refractivity contribution >= 4 is 29.3 Å². The molecule has 0 atom stereocenters. The number of carbonyl (C=O) groups is 2. The number of aromatic nitrogens is 1. The van der Waals surface area contributed by atoms with Gasteiger partial charge in [-0.15, -0.1) is 0 Å². The molecule has 0 bridgehead atoms. The number of ether oxygens (including phenoxy) is 1. The first-order chi connectivity index (χ1) is 14.3. The van der Waals surface area contributed by atoms with Gasteiger partial charge in [-0.3, -0.25) is 9.36 Å². The fraction of sp³-hybridized carbons (Fsp3) is 0.136. The molecule has 0 aliphatic heterocycles. The summed E-state index contributed by atoms with van der Waals surface area (Å²) in [7, 11) is 0. The predicted octanol–water partition coefficient (Wildman–Crippen LogP) is 4.55. The van der Waals surface area contributed by atoms with E-state index in [0.29, 0.717) is 5.56 Å². The first-order valence-electron chi connectivity index (χ1n) is 8.93. The standard InChI is InChI=1S/C22H17ClFN3O3/c1-13-14(2)27(16-6-4-3-5-7-16)21(18(13)11-25)26-20(28)12-30-22(29)17-9-8-15(23)10-19(17)24/h3-10H,12H2,1-2H3,(H,26,28). The van der Waals surface area contributed by atoms with Crippen molar-refractivity contribution in [1.29, 1.82) is 5.26 Å². The van der Waals surface area contributed by atoms with Crippen LogP contribution >= 0.6 is 11.6 Å². The highest BCUT2D eigenvalue weighted by atomic mass is 35.5. The minimum absolute atomic E-state index is 0.137. The average molecular weight is 426 g/mol. The lowest BCUT2D eigenvalue weighted by atomic mass is 10.2. The van der Waals surface area contributed by atoms with E-state index in [9.17, 15) is 19.2 Å². The molecule has 0 radical (unpaired) electrons. The largest absolute Gasteiger partial charge is 0.452 e. The van der Waals surface area contributed by atoms with Gasteiger partial charge in [0.15, 0.2) is 6.61 Å². The molecule has 1 heterocycles. The first-order valence-corrected chi connectivity index (χ1v) is 9.30. The number of nitrogens with zero attached hydrogens (tertiary/aromatic N) is 2. The lowest BCUT2D eigenvalue weighted by Crippen LogP contribution is -2.23. The van der Waals surface area contributed by atoms with Gasteiger partial charge in [-0.1, -0.05) is 29.8 Å². The van der Waals surface area contributed by atoms with E-state index in [-0.39, 0.29) is 16.4 Å². The van der Waals surface area contributed by atoms with Gasteiger partial charge < -0.3 is 10.1 Å². The molecular formula is C22H17ClFN3O3. The number of benzene rings is 2. The highest BCUT2D eigenvalue weighted by Gasteiger charge is 2.21. The second kappa shape index (κ2) is 8.80. The molecular weight excluding hydrogens is 409 g/mol. The third kappa shape index (κ3) is 4.19. The Bertz CT molecular complexity index is 1170. The molecule has 0 spiro atoms. The molecule has 0 aliphatic carbocycles. The van der Waals surface area contributed by atoms with Gasteiger partial charge in [0.1, 0.15) is 17.7 Å². The van der Waals surface area contributed by atoms with E-state index < -0.39 is 24.3 Å². The molecule has 1 aromatic heterocycles. The molecule has 1 N–H and O–H groups in total. The van der Waals surface area contributed by atoms with Crippen molar-refractivity contribution < 1.29 is 18.7 Å². The number of halogens is 2. The summed E-state index contributed by atoms with van der Waals surface area (Å²) in [6.45, 7) is 2.97. The average Bonchev–Trinajstić information content (AvgIpc) is 2.96. The smallest absolute Gasteiger partial charge is 0.341 e. The Morgan fingerprint density at radius 3 is 2.53 bits per heavy atom. The van der Waals surface area contributed by atoms with Gasteiger partial charge in [0.2, 0.25) is 0 Å². The van der Waals surface area contributed by atoms with Crippen molar-refractivity contribution in [2.45, 2.75) is 13.8 Å². The molecule has 0 saturated carbocycles. The molecule has 8 heteroatoms. The number of rotatable bonds is 5. The topological polar surface area (TPSA) is 84.1 Å². The number of anilines is 1. The maximum Gasteiger partial charge on any atom is 0.341 e. The lowest BCUT2D eigenvalue weighted by Gasteiger charge is -2.13. The maximum absolute atomic E-state index is 13.8. The molecule has 0 unspecified atom stereocenters. The molecule has 0 aliphatic rings. The summed E-state index contributed by atoms with van der Waals surface area (Å²) in [6, 6.07) is 14.8. The highest BCUT2D eigenvalue weighted by molar-refractivity contribution is 6.30. The normalized spacial score (nSPS) is 10.4. The van der Waals surface area contributed by atoms with Crippen LogP contribution in [0.25, 0.3) is 5.69 Å². The molecule has 6 nitrogen and oxygen atoms in total. The first kappa shape index (κ1) is 21.1. The summed E-state index contributed by atoms with van der Waals surface area (Å²) in [5.41, 5.74) is 2.24. The molecule has 0 fully saturated rings. The fourth-order valence-electron chi connectivity index (χ4n) is 2.99. The monoisotopic (exact) mass is 425 g/mol. The van der Waals surface area contributed by atoms with E-state index >= 15 is 0 Å². The zero-order valence-electron chi connectivity index (χ0n) is 16.2. The fourth-order valence-corrected chi connectivity index (χ4v) is 3.15. The van der Waals surface area contributed by atoms with Crippen molar-refractivity contribution in [3.05, 3.63) is 81.8 Å². The minimum atomic E-state index is -0.995. The number of nitriles is 1. The summed E-state index contributed by atoms with van der Waals surface area (Å²) in [5.74, 6) is -2.23. The van der Waals surface area contributed by atoms with Crippen molar-refractivity contribution in [3.63, 3.8) is 0 Å². The van der Waals surface area contributed by atoms with Gasteiger partial charge in [0.25, 0.3) is 5.91 Å². The van der Waals surface area contributed by atoms with E-state index in [4.69, 9.17) is 16.3 Å². The Labute approximate surface area is 177 Å². The quantitative estimate of drug-likeness (QED) is 0.607. The number of amides is 1. The Morgan fingerprint density at radius 2 is 1.90 bits per heavy atom. The van der Waals surface area contributed by atoms with E-state index in [1.807, 2.05) is 37.3 Å². The van der Waals surface area contributed by atoms with Gasteiger partial charge in [0.05, 0.1) is 11.1 Å². The number of hydrogen-bond acceptors (Lipinski definition) is 4. The van der Waals surface area contributed by atoms with E-state index in [1.54, 1.807) is 11.5 Å². The lowest BCUT2D eigenvalue weighted by molar-refractivity contribution is -0.119. The third-order valence-electron chi connectivity index (χ3n) is 4.58. The van der Waals surface area contributed by atoms with E-state index in [0.717, 1.165) is 23.0 Å². The predicted molar refractivity (Wildman–Crippen MR) is 110 cm³/mol. The Balaban J connectivity index is 1.81. The van der Waals surface area contributed by atoms with Crippen LogP contribution in [0.15, 0.2) is 48.5 Å². The Kier molecular flexibility index (Phi) is 6.19.